The number of rotatable bonds is 5. The average molecular weight is 395 g/mol. The second-order valence-electron chi connectivity index (χ2n) is 6.32. The highest BCUT2D eigenvalue weighted by atomic mass is 19.1. The molecule has 29 heavy (non-hydrogen) atoms. The molecule has 1 aliphatic heterocycles. The van der Waals surface area contributed by atoms with Crippen LogP contribution in [-0.4, -0.2) is 35.2 Å². The molecule has 8 nitrogen and oxygen atoms in total. The molecule has 2 aromatic carbocycles. The number of halogens is 1. The lowest BCUT2D eigenvalue weighted by Gasteiger charge is -2.30. The van der Waals surface area contributed by atoms with Gasteiger partial charge in [-0.1, -0.05) is 29.8 Å². The Morgan fingerprint density at radius 1 is 1.21 bits per heavy atom. The summed E-state index contributed by atoms with van der Waals surface area (Å²) in [4.78, 5) is 26.3. The number of aryl methyl sites for hydroxylation is 1. The Labute approximate surface area is 166 Å². The monoisotopic (exact) mass is 395 g/mol. The Bertz CT molecular complexity index is 1060. The lowest BCUT2D eigenvalue weighted by atomic mass is 10.1. The number of amidine groups is 1. The number of aliphatic imine (C=N–C) groups is 1. The van der Waals surface area contributed by atoms with Crippen LogP contribution in [0.15, 0.2) is 59.9 Å². The van der Waals surface area contributed by atoms with Gasteiger partial charge in [0.05, 0.1) is 5.69 Å². The van der Waals surface area contributed by atoms with Crippen molar-refractivity contribution in [3.05, 3.63) is 71.8 Å². The number of benzene rings is 2. The van der Waals surface area contributed by atoms with E-state index in [2.05, 4.69) is 15.4 Å². The van der Waals surface area contributed by atoms with Crippen molar-refractivity contribution in [3.8, 4) is 5.88 Å². The summed E-state index contributed by atoms with van der Waals surface area (Å²) < 4.78 is 20.2. The van der Waals surface area contributed by atoms with Gasteiger partial charge in [-0.2, -0.15) is 4.98 Å². The van der Waals surface area contributed by atoms with Crippen LogP contribution in [0.3, 0.4) is 0 Å². The Hall–Kier alpha value is -3.88. The summed E-state index contributed by atoms with van der Waals surface area (Å²) in [6.07, 6.45) is 1.39. The Kier molecular flexibility index (Phi) is 4.86. The third-order valence-electron chi connectivity index (χ3n) is 4.29. The molecule has 1 aliphatic rings. The number of anilines is 2. The van der Waals surface area contributed by atoms with Gasteiger partial charge in [0.2, 0.25) is 11.6 Å². The maximum absolute atomic E-state index is 13.3. The maximum Gasteiger partial charge on any atom is 0.311 e. The first-order valence-corrected chi connectivity index (χ1v) is 8.82. The van der Waals surface area contributed by atoms with Gasteiger partial charge >= 0.3 is 6.02 Å². The predicted octanol–water partition coefficient (Wildman–Crippen LogP) is 2.66. The molecule has 0 unspecified atom stereocenters. The van der Waals surface area contributed by atoms with E-state index in [-0.39, 0.29) is 30.1 Å². The number of Topliss-reactive ketones (excluding diaryl/α,β-unsaturated/α-hetero) is 1. The van der Waals surface area contributed by atoms with E-state index in [0.717, 1.165) is 5.56 Å². The Balaban J connectivity index is 1.60. The topological polar surface area (TPSA) is 81.0 Å². The number of carbonyl (C=O) groups excluding carboxylic acids is 1. The number of imidazole rings is 1. The molecule has 3 aromatic rings. The number of nitrogens with zero attached hydrogens (tertiary/aromatic N) is 4. The fourth-order valence-electron chi connectivity index (χ4n) is 2.76. The maximum atomic E-state index is 13.3. The van der Waals surface area contributed by atoms with E-state index in [9.17, 15) is 9.18 Å². The molecule has 1 N–H and O–H groups in total. The van der Waals surface area contributed by atoms with Gasteiger partial charge in [-0.25, -0.2) is 19.8 Å². The fraction of sp³-hybridized carbons (Fsp3) is 0.150. The molecule has 0 amide bonds. The zero-order valence-electron chi connectivity index (χ0n) is 15.8. The average Bonchev–Trinajstić information content (AvgIpc) is 3.15. The molecule has 0 bridgehead atoms. The number of ether oxygens (including phenoxy) is 1. The van der Waals surface area contributed by atoms with E-state index < -0.39 is 0 Å². The van der Waals surface area contributed by atoms with Crippen LogP contribution in [0.5, 0.6) is 5.88 Å². The molecule has 4 rings (SSSR count). The summed E-state index contributed by atoms with van der Waals surface area (Å²) in [7, 11) is 1.56. The van der Waals surface area contributed by atoms with Crippen LogP contribution in [0.4, 0.5) is 15.9 Å². The highest BCUT2D eigenvalue weighted by molar-refractivity contribution is 5.97. The molecular weight excluding hydrogens is 377 g/mol. The summed E-state index contributed by atoms with van der Waals surface area (Å²) in [6.45, 7) is 1.76. The van der Waals surface area contributed by atoms with Crippen molar-refractivity contribution in [1.82, 2.24) is 15.1 Å². The van der Waals surface area contributed by atoms with E-state index in [1.165, 1.54) is 23.2 Å². The van der Waals surface area contributed by atoms with Gasteiger partial charge in [0.25, 0.3) is 5.88 Å². The second kappa shape index (κ2) is 7.63. The van der Waals surface area contributed by atoms with Gasteiger partial charge in [-0.15, -0.1) is 4.73 Å². The zero-order chi connectivity index (χ0) is 20.4. The number of hydrazine groups is 1. The van der Waals surface area contributed by atoms with E-state index in [0.29, 0.717) is 17.1 Å². The van der Waals surface area contributed by atoms with Gasteiger partial charge in [0.1, 0.15) is 12.1 Å². The molecule has 2 heterocycles. The summed E-state index contributed by atoms with van der Waals surface area (Å²) in [5.41, 5.74) is 5.18. The molecule has 0 aliphatic carbocycles. The van der Waals surface area contributed by atoms with Crippen LogP contribution in [0.1, 0.15) is 15.9 Å². The van der Waals surface area contributed by atoms with Crippen molar-refractivity contribution in [3.63, 3.8) is 0 Å². The van der Waals surface area contributed by atoms with Crippen LogP contribution in [-0.2, 0) is 0 Å². The lowest BCUT2D eigenvalue weighted by Crippen LogP contribution is -2.46. The minimum absolute atomic E-state index is 0.179. The summed E-state index contributed by atoms with van der Waals surface area (Å²) >= 11 is 0. The van der Waals surface area contributed by atoms with Crippen molar-refractivity contribution in [2.24, 2.45) is 4.99 Å². The summed E-state index contributed by atoms with van der Waals surface area (Å²) in [5.74, 6) is 0.0820. The first kappa shape index (κ1) is 18.5. The van der Waals surface area contributed by atoms with Crippen LogP contribution in [0.2, 0.25) is 0 Å². The highest BCUT2D eigenvalue weighted by Crippen LogP contribution is 2.33. The van der Waals surface area contributed by atoms with Crippen molar-refractivity contribution >= 4 is 23.3 Å². The number of fused-ring (bicyclic) bond motifs is 1. The van der Waals surface area contributed by atoms with Gasteiger partial charge in [-0.05, 0) is 31.2 Å². The first-order valence-electron chi connectivity index (χ1n) is 8.82. The van der Waals surface area contributed by atoms with Crippen LogP contribution < -0.4 is 20.0 Å². The molecule has 0 fully saturated rings. The fourth-order valence-corrected chi connectivity index (χ4v) is 2.76. The van der Waals surface area contributed by atoms with Crippen molar-refractivity contribution in [2.75, 3.05) is 18.7 Å². The normalized spacial score (nSPS) is 14.2. The van der Waals surface area contributed by atoms with Crippen LogP contribution in [0, 0.1) is 12.7 Å². The van der Waals surface area contributed by atoms with Crippen molar-refractivity contribution in [1.29, 1.82) is 0 Å². The largest absolute Gasteiger partial charge is 0.402 e. The third kappa shape index (κ3) is 3.75. The van der Waals surface area contributed by atoms with Crippen LogP contribution >= 0.6 is 0 Å². The second-order valence-corrected chi connectivity index (χ2v) is 6.32. The standard InChI is InChI=1S/C20H18FN5O3/c1-13-3-5-14(6-4-13)17(27)11-28-25-12-23-18-19(25)26(24-20(22-2)29-18)16-9-7-15(21)8-10-16/h3-10,12H,11H2,1-2H3,(H,22,24). The Morgan fingerprint density at radius 2 is 1.93 bits per heavy atom. The van der Waals surface area contributed by atoms with Gasteiger partial charge in [0.15, 0.2) is 6.61 Å². The third-order valence-corrected chi connectivity index (χ3v) is 4.29. The molecule has 0 saturated heterocycles. The number of hydrogen-bond acceptors (Lipinski definition) is 6. The lowest BCUT2D eigenvalue weighted by molar-refractivity contribution is 0.0711. The predicted molar refractivity (Wildman–Crippen MR) is 105 cm³/mol. The molecule has 0 spiro atoms. The SMILES string of the molecule is CN=C1NN(c2ccc(F)cc2)c2c(ncn2OCC(=O)c2ccc(C)cc2)O1. The molecule has 148 valence electrons. The van der Waals surface area contributed by atoms with E-state index in [4.69, 9.17) is 9.57 Å². The smallest absolute Gasteiger partial charge is 0.311 e. The highest BCUT2D eigenvalue weighted by Gasteiger charge is 2.30. The van der Waals surface area contributed by atoms with E-state index in [1.807, 2.05) is 19.1 Å². The minimum atomic E-state index is -0.361. The molecule has 0 radical (unpaired) electrons. The van der Waals surface area contributed by atoms with Crippen molar-refractivity contribution in [2.45, 2.75) is 6.92 Å². The molecule has 1 aromatic heterocycles. The van der Waals surface area contributed by atoms with Crippen molar-refractivity contribution < 1.29 is 18.8 Å². The van der Waals surface area contributed by atoms with Crippen LogP contribution in [0.25, 0.3) is 0 Å². The molecule has 9 heteroatoms. The Morgan fingerprint density at radius 3 is 2.62 bits per heavy atom. The number of hydrogen-bond donors (Lipinski definition) is 1. The molecular formula is C20H18FN5O3. The minimum Gasteiger partial charge on any atom is -0.402 e. The molecule has 0 atom stereocenters. The number of carbonyl (C=O) groups is 1. The van der Waals surface area contributed by atoms with E-state index in [1.54, 1.807) is 36.3 Å². The number of nitrogens with one attached hydrogen (secondary N) is 1. The summed E-state index contributed by atoms with van der Waals surface area (Å²) in [6, 6.07) is 13.3. The van der Waals surface area contributed by atoms with E-state index >= 15 is 0 Å². The van der Waals surface area contributed by atoms with Gasteiger partial charge in [-0.3, -0.25) is 4.79 Å². The quantitative estimate of drug-likeness (QED) is 0.669. The molecule has 0 saturated carbocycles. The number of ketones is 1. The number of aromatic nitrogens is 2. The summed E-state index contributed by atoms with van der Waals surface area (Å²) in [5, 5.41) is 1.59. The van der Waals surface area contributed by atoms with Gasteiger partial charge < -0.3 is 9.57 Å². The first-order chi connectivity index (χ1) is 14.0. The zero-order valence-corrected chi connectivity index (χ0v) is 15.8. The van der Waals surface area contributed by atoms with Gasteiger partial charge in [0, 0.05) is 12.6 Å².